The van der Waals surface area contributed by atoms with Gasteiger partial charge in [0.1, 0.15) is 17.8 Å². The number of hydrogen-bond acceptors (Lipinski definition) is 9. The maximum Gasteiger partial charge on any atom is 0.419 e. The first kappa shape index (κ1) is 35.5. The lowest BCUT2D eigenvalue weighted by Crippen LogP contribution is -2.78. The first-order chi connectivity index (χ1) is 20.4. The van der Waals surface area contributed by atoms with Crippen molar-refractivity contribution in [2.75, 3.05) is 0 Å². The molecule has 12 heteroatoms. The van der Waals surface area contributed by atoms with Crippen LogP contribution in [-0.4, -0.2) is 63.2 Å². The predicted molar refractivity (Wildman–Crippen MR) is 158 cm³/mol. The number of amides is 3. The summed E-state index contributed by atoms with van der Waals surface area (Å²) in [4.78, 5) is 82.0. The predicted octanol–water partition coefficient (Wildman–Crippen LogP) is 4.64. The lowest BCUT2D eigenvalue weighted by molar-refractivity contribution is -0.187. The van der Waals surface area contributed by atoms with E-state index in [-0.39, 0.29) is 16.7 Å². The van der Waals surface area contributed by atoms with E-state index in [1.165, 1.54) is 60.6 Å². The molecule has 2 N–H and O–H groups in total. The zero-order valence-corrected chi connectivity index (χ0v) is 26.0. The monoisotopic (exact) mass is 612 g/mol. The second-order valence-corrected chi connectivity index (χ2v) is 12.0. The summed E-state index contributed by atoms with van der Waals surface area (Å²) < 4.78 is 16.2. The Morgan fingerprint density at radius 2 is 1.32 bits per heavy atom. The molecule has 12 nitrogen and oxygen atoms in total. The van der Waals surface area contributed by atoms with Crippen LogP contribution in [0.25, 0.3) is 0 Å². The molecule has 0 unspecified atom stereocenters. The van der Waals surface area contributed by atoms with Crippen molar-refractivity contribution in [2.45, 2.75) is 84.8 Å². The highest BCUT2D eigenvalue weighted by atomic mass is 16.6. The highest BCUT2D eigenvalue weighted by Crippen LogP contribution is 2.41. The van der Waals surface area contributed by atoms with Gasteiger partial charge in [0.25, 0.3) is 0 Å². The molecule has 0 radical (unpaired) electrons. The minimum atomic E-state index is -3.25. The molecule has 3 amide bonds. The Labute approximate surface area is 256 Å². The molecule has 2 rings (SSSR count). The molecule has 0 heterocycles. The van der Waals surface area contributed by atoms with E-state index in [0.717, 1.165) is 0 Å². The molecule has 0 saturated carbocycles. The number of nitrogens with zero attached hydrogens (tertiary/aromatic N) is 1. The number of esters is 1. The van der Waals surface area contributed by atoms with Crippen molar-refractivity contribution in [3.63, 3.8) is 0 Å². The molecular formula is C32H40N2O10. The van der Waals surface area contributed by atoms with Gasteiger partial charge in [-0.1, -0.05) is 67.6 Å². The SMILES string of the molecule is CCC(=O)N(C(=O)OC(C)(C)C)[C@@](C=O)(NC(=O)OC(C)(C)C)[C@@](Cc1ccccc1)(C(=O)O)C(=O)OCc1ccccc1. The van der Waals surface area contributed by atoms with Crippen molar-refractivity contribution < 1.29 is 48.1 Å². The molecular weight excluding hydrogens is 572 g/mol. The molecule has 0 aliphatic carbocycles. The molecule has 2 aromatic carbocycles. The number of carboxylic acids is 1. The highest BCUT2D eigenvalue weighted by molar-refractivity contribution is 6.09. The number of carbonyl (C=O) groups is 6. The van der Waals surface area contributed by atoms with Gasteiger partial charge in [-0.3, -0.25) is 24.5 Å². The number of ether oxygens (including phenoxy) is 3. The Bertz CT molecular complexity index is 1350. The Hall–Kier alpha value is -4.74. The van der Waals surface area contributed by atoms with Crippen LogP contribution in [-0.2, 0) is 46.4 Å². The Morgan fingerprint density at radius 1 is 0.818 bits per heavy atom. The number of alkyl carbamates (subject to hydrolysis) is 1. The topological polar surface area (TPSA) is 166 Å². The van der Waals surface area contributed by atoms with Gasteiger partial charge in [-0.15, -0.1) is 0 Å². The van der Waals surface area contributed by atoms with Crippen LogP contribution in [0.2, 0.25) is 0 Å². The molecule has 0 aliphatic rings. The Balaban J connectivity index is 3.00. The minimum absolute atomic E-state index is 0.144. The minimum Gasteiger partial charge on any atom is -0.480 e. The van der Waals surface area contributed by atoms with Crippen molar-refractivity contribution in [3.8, 4) is 0 Å². The van der Waals surface area contributed by atoms with Crippen LogP contribution in [0.5, 0.6) is 0 Å². The first-order valence-corrected chi connectivity index (χ1v) is 13.9. The van der Waals surface area contributed by atoms with Crippen LogP contribution < -0.4 is 5.32 Å². The Kier molecular flexibility index (Phi) is 11.4. The average molecular weight is 613 g/mol. The maximum absolute atomic E-state index is 14.2. The second-order valence-electron chi connectivity index (χ2n) is 12.0. The third-order valence-electron chi connectivity index (χ3n) is 6.23. The number of carboxylic acid groups (broad SMARTS) is 1. The molecule has 0 aliphatic heterocycles. The van der Waals surface area contributed by atoms with Gasteiger partial charge >= 0.3 is 24.1 Å². The fourth-order valence-corrected chi connectivity index (χ4v) is 4.34. The number of benzene rings is 2. The summed E-state index contributed by atoms with van der Waals surface area (Å²) in [6.45, 7) is 9.85. The normalized spacial score (nSPS) is 14.2. The maximum atomic E-state index is 14.2. The number of rotatable bonds is 11. The number of aliphatic carboxylic acids is 1. The molecule has 0 spiro atoms. The number of hydrogen-bond donors (Lipinski definition) is 2. The van der Waals surface area contributed by atoms with E-state index in [0.29, 0.717) is 5.56 Å². The summed E-state index contributed by atoms with van der Waals surface area (Å²) in [6.07, 6.45) is -4.28. The summed E-state index contributed by atoms with van der Waals surface area (Å²) in [5.41, 5.74) is -8.14. The van der Waals surface area contributed by atoms with E-state index < -0.39 is 71.8 Å². The van der Waals surface area contributed by atoms with Gasteiger partial charge in [0.15, 0.2) is 6.29 Å². The molecule has 2 atom stereocenters. The van der Waals surface area contributed by atoms with Gasteiger partial charge < -0.3 is 19.3 Å². The number of imide groups is 1. The summed E-state index contributed by atoms with van der Waals surface area (Å²) in [5, 5.41) is 13.1. The standard InChI is InChI=1S/C32H40N2O10/c1-8-24(36)34(28(41)44-30(5,6)7)32(21-35,33-27(40)43-29(2,3)4)31(25(37)38,19-22-15-11-9-12-16-22)26(39)42-20-23-17-13-10-14-18-23/h9-18,21H,8,19-20H2,1-7H3,(H,33,40)(H,37,38)/t31-,32+/m0/s1. The van der Waals surface area contributed by atoms with Crippen LogP contribution >= 0.6 is 0 Å². The van der Waals surface area contributed by atoms with Gasteiger partial charge in [0.2, 0.25) is 17.0 Å². The van der Waals surface area contributed by atoms with E-state index in [1.807, 2.05) is 0 Å². The van der Waals surface area contributed by atoms with Crippen molar-refractivity contribution in [1.29, 1.82) is 0 Å². The van der Waals surface area contributed by atoms with Crippen molar-refractivity contribution in [2.24, 2.45) is 5.41 Å². The third kappa shape index (κ3) is 8.42. The van der Waals surface area contributed by atoms with Crippen LogP contribution in [0.4, 0.5) is 9.59 Å². The molecule has 0 fully saturated rings. The Morgan fingerprint density at radius 3 is 1.75 bits per heavy atom. The quantitative estimate of drug-likeness (QED) is 0.120. The van der Waals surface area contributed by atoms with Crippen molar-refractivity contribution in [3.05, 3.63) is 71.8 Å². The lowest BCUT2D eigenvalue weighted by Gasteiger charge is -2.47. The number of carbonyl (C=O) groups excluding carboxylic acids is 5. The molecule has 2 aromatic rings. The van der Waals surface area contributed by atoms with E-state index in [2.05, 4.69) is 5.32 Å². The van der Waals surface area contributed by atoms with Crippen LogP contribution in [0.1, 0.15) is 66.0 Å². The van der Waals surface area contributed by atoms with Crippen LogP contribution in [0.3, 0.4) is 0 Å². The fourth-order valence-electron chi connectivity index (χ4n) is 4.34. The summed E-state index contributed by atoms with van der Waals surface area (Å²) >= 11 is 0. The highest BCUT2D eigenvalue weighted by Gasteiger charge is 2.70. The summed E-state index contributed by atoms with van der Waals surface area (Å²) in [6, 6.07) is 16.0. The van der Waals surface area contributed by atoms with Crippen LogP contribution in [0, 0.1) is 5.41 Å². The molecule has 44 heavy (non-hydrogen) atoms. The van der Waals surface area contributed by atoms with E-state index >= 15 is 0 Å². The summed E-state index contributed by atoms with van der Waals surface area (Å²) in [7, 11) is 0. The zero-order valence-electron chi connectivity index (χ0n) is 26.0. The smallest absolute Gasteiger partial charge is 0.419 e. The molecule has 0 bridgehead atoms. The van der Waals surface area contributed by atoms with Gasteiger partial charge in [0, 0.05) is 12.8 Å². The zero-order chi connectivity index (χ0) is 33.3. The lowest BCUT2D eigenvalue weighted by atomic mass is 9.69. The summed E-state index contributed by atoms with van der Waals surface area (Å²) in [5.74, 6) is -4.62. The molecule has 238 valence electrons. The van der Waals surface area contributed by atoms with E-state index in [9.17, 15) is 33.9 Å². The third-order valence-corrected chi connectivity index (χ3v) is 6.23. The number of aldehydes is 1. The average Bonchev–Trinajstić information content (AvgIpc) is 2.93. The van der Waals surface area contributed by atoms with Crippen molar-refractivity contribution >= 4 is 36.3 Å². The largest absolute Gasteiger partial charge is 0.480 e. The van der Waals surface area contributed by atoms with E-state index in [4.69, 9.17) is 14.2 Å². The van der Waals surface area contributed by atoms with E-state index in [1.54, 1.807) is 48.5 Å². The first-order valence-electron chi connectivity index (χ1n) is 13.9. The van der Waals surface area contributed by atoms with Crippen molar-refractivity contribution in [1.82, 2.24) is 10.2 Å². The van der Waals surface area contributed by atoms with Crippen LogP contribution in [0.15, 0.2) is 60.7 Å². The molecule has 0 aromatic heterocycles. The second kappa shape index (κ2) is 14.2. The van der Waals surface area contributed by atoms with Gasteiger partial charge in [0.05, 0.1) is 0 Å². The van der Waals surface area contributed by atoms with Gasteiger partial charge in [-0.05, 0) is 52.7 Å². The van der Waals surface area contributed by atoms with Gasteiger partial charge in [-0.2, -0.15) is 0 Å². The molecule has 0 saturated heterocycles. The fraction of sp³-hybridized carbons (Fsp3) is 0.438. The van der Waals surface area contributed by atoms with Gasteiger partial charge in [-0.25, -0.2) is 14.5 Å². The number of nitrogens with one attached hydrogen (secondary N) is 1.